The molecule has 0 aromatic carbocycles. The molecule has 0 radical (unpaired) electrons. The molecule has 0 fully saturated rings. The highest BCUT2D eigenvalue weighted by Crippen LogP contribution is 1.99. The molecule has 10 heteroatoms. The van der Waals surface area contributed by atoms with E-state index in [4.69, 9.17) is 10.2 Å². The van der Waals surface area contributed by atoms with E-state index in [1.54, 1.807) is 55.3 Å². The van der Waals surface area contributed by atoms with E-state index in [-0.39, 0.29) is 24.2 Å². The monoisotopic (exact) mass is 390 g/mol. The van der Waals surface area contributed by atoms with Crippen LogP contribution in [0, 0.1) is 0 Å². The van der Waals surface area contributed by atoms with Crippen LogP contribution in [0.4, 0.5) is 0 Å². The minimum atomic E-state index is -0.870. The fourth-order valence-corrected chi connectivity index (χ4v) is 1.74. The van der Waals surface area contributed by atoms with Gasteiger partial charge in [0.15, 0.2) is 0 Å². The van der Waals surface area contributed by atoms with Gasteiger partial charge in [0.05, 0.1) is 6.21 Å². The first kappa shape index (κ1) is 24.3. The maximum atomic E-state index is 11.6. The van der Waals surface area contributed by atoms with Crippen LogP contribution in [0.1, 0.15) is 41.6 Å². The van der Waals surface area contributed by atoms with E-state index in [9.17, 15) is 14.4 Å². The number of carboxylic acids is 2. The molecule has 2 aromatic heterocycles. The Morgan fingerprint density at radius 2 is 1.36 bits per heavy atom. The van der Waals surface area contributed by atoms with Gasteiger partial charge in [-0.25, -0.2) is 5.43 Å². The molecule has 0 bridgehead atoms. The fraction of sp³-hybridized carbons (Fsp3) is 0.222. The third-order valence-corrected chi connectivity index (χ3v) is 3.06. The van der Waals surface area contributed by atoms with Gasteiger partial charge >= 0.3 is 11.9 Å². The molecular weight excluding hydrogens is 368 g/mol. The maximum absolute atomic E-state index is 11.6. The Balaban J connectivity index is 0.000000577. The van der Waals surface area contributed by atoms with Crippen molar-refractivity contribution in [2.75, 3.05) is 0 Å². The topological polar surface area (TPSA) is 173 Å². The lowest BCUT2D eigenvalue weighted by Gasteiger charge is -1.98. The molecule has 150 valence electrons. The van der Waals surface area contributed by atoms with Crippen LogP contribution in [0.25, 0.3) is 0 Å². The number of nitrogens with one attached hydrogen (secondary N) is 1. The summed E-state index contributed by atoms with van der Waals surface area (Å²) in [5, 5.41) is 20.1. The van der Waals surface area contributed by atoms with Gasteiger partial charge in [-0.15, -0.1) is 0 Å². The van der Waals surface area contributed by atoms with Gasteiger partial charge in [0.2, 0.25) is 0 Å². The molecule has 0 saturated carbocycles. The molecule has 28 heavy (non-hydrogen) atoms. The molecule has 2 rings (SSSR count). The molecule has 0 atom stereocenters. The summed E-state index contributed by atoms with van der Waals surface area (Å²) < 4.78 is 0. The number of amides is 1. The minimum Gasteiger partial charge on any atom is -0.481 e. The molecule has 0 spiro atoms. The Labute approximate surface area is 161 Å². The van der Waals surface area contributed by atoms with Crippen LogP contribution < -0.4 is 5.43 Å². The highest BCUT2D eigenvalue weighted by molar-refractivity contribution is 5.94. The molecule has 0 aliphatic heterocycles. The average Bonchev–Trinajstić information content (AvgIpc) is 2.67. The number of aliphatic carboxylic acids is 2. The first-order valence-electron chi connectivity index (χ1n) is 8.06. The molecule has 0 aliphatic rings. The van der Waals surface area contributed by atoms with Crippen molar-refractivity contribution in [3.63, 3.8) is 0 Å². The lowest BCUT2D eigenvalue weighted by Crippen LogP contribution is -2.17. The third-order valence-electron chi connectivity index (χ3n) is 3.06. The quantitative estimate of drug-likeness (QED) is 0.344. The molecule has 5 N–H and O–H groups in total. The van der Waals surface area contributed by atoms with Gasteiger partial charge in [-0.05, 0) is 42.7 Å². The Morgan fingerprint density at radius 1 is 0.893 bits per heavy atom. The standard InChI is InChI=1S/C12H10N4O.C6H10O4.H2O/c17-12(11-3-7-14-8-4-11)16-15-9-10-1-5-13-6-2-10;7-5(8)3-1-2-4-6(9)10;/h1-9H,(H,16,17);1-4H2,(H,7,8)(H,9,10);1H2/b15-9+;;. The van der Waals surface area contributed by atoms with Gasteiger partial charge in [0.1, 0.15) is 0 Å². The summed E-state index contributed by atoms with van der Waals surface area (Å²) in [4.78, 5) is 39.1. The number of hydrogen-bond acceptors (Lipinski definition) is 6. The largest absolute Gasteiger partial charge is 0.481 e. The highest BCUT2D eigenvalue weighted by atomic mass is 16.4. The van der Waals surface area contributed by atoms with Gasteiger partial charge in [0.25, 0.3) is 5.91 Å². The van der Waals surface area contributed by atoms with E-state index in [1.807, 2.05) is 0 Å². The summed E-state index contributed by atoms with van der Waals surface area (Å²) in [6.07, 6.45) is 9.01. The van der Waals surface area contributed by atoms with Crippen molar-refractivity contribution in [2.24, 2.45) is 5.10 Å². The summed E-state index contributed by atoms with van der Waals surface area (Å²) in [6.45, 7) is 0. The summed E-state index contributed by atoms with van der Waals surface area (Å²) >= 11 is 0. The van der Waals surface area contributed by atoms with Gasteiger partial charge in [-0.1, -0.05) is 0 Å². The van der Waals surface area contributed by atoms with Crippen molar-refractivity contribution in [3.8, 4) is 0 Å². The Kier molecular flexibility index (Phi) is 12.6. The van der Waals surface area contributed by atoms with Crippen molar-refractivity contribution in [1.82, 2.24) is 15.4 Å². The minimum absolute atomic E-state index is 0. The SMILES string of the molecule is O.O=C(N/N=C/c1ccncc1)c1ccncc1.O=C(O)CCCCC(=O)O. The summed E-state index contributed by atoms with van der Waals surface area (Å²) in [6, 6.07) is 6.83. The van der Waals surface area contributed by atoms with E-state index < -0.39 is 11.9 Å². The van der Waals surface area contributed by atoms with Crippen molar-refractivity contribution in [1.29, 1.82) is 0 Å². The molecule has 1 amide bonds. The molecule has 2 aromatic rings. The van der Waals surface area contributed by atoms with E-state index in [2.05, 4.69) is 20.5 Å². The first-order chi connectivity index (χ1) is 13.0. The number of unbranched alkanes of at least 4 members (excludes halogenated alkanes) is 1. The third kappa shape index (κ3) is 11.8. The van der Waals surface area contributed by atoms with Crippen LogP contribution in [-0.4, -0.2) is 49.7 Å². The van der Waals surface area contributed by atoms with Crippen LogP contribution in [0.15, 0.2) is 54.2 Å². The molecule has 0 saturated heterocycles. The smallest absolute Gasteiger partial charge is 0.303 e. The molecular formula is C18H22N4O6. The first-order valence-corrected chi connectivity index (χ1v) is 8.06. The van der Waals surface area contributed by atoms with Crippen LogP contribution in [0.2, 0.25) is 0 Å². The number of rotatable bonds is 8. The molecule has 0 unspecified atom stereocenters. The Morgan fingerprint density at radius 3 is 1.82 bits per heavy atom. The molecule has 2 heterocycles. The number of hydrazone groups is 1. The van der Waals surface area contributed by atoms with Crippen LogP contribution >= 0.6 is 0 Å². The van der Waals surface area contributed by atoms with Crippen molar-refractivity contribution in [3.05, 3.63) is 60.2 Å². The lowest BCUT2D eigenvalue weighted by atomic mass is 10.2. The normalized spacial score (nSPS) is 9.57. The van der Waals surface area contributed by atoms with E-state index in [0.29, 0.717) is 18.4 Å². The molecule has 10 nitrogen and oxygen atoms in total. The van der Waals surface area contributed by atoms with Crippen LogP contribution in [-0.2, 0) is 9.59 Å². The van der Waals surface area contributed by atoms with Crippen LogP contribution in [0.5, 0.6) is 0 Å². The molecule has 0 aliphatic carbocycles. The van der Waals surface area contributed by atoms with Crippen LogP contribution in [0.3, 0.4) is 0 Å². The lowest BCUT2D eigenvalue weighted by molar-refractivity contribution is -0.139. The van der Waals surface area contributed by atoms with Crippen molar-refractivity contribution in [2.45, 2.75) is 25.7 Å². The number of pyridine rings is 2. The highest BCUT2D eigenvalue weighted by Gasteiger charge is 2.01. The predicted octanol–water partition coefficient (Wildman–Crippen LogP) is 1.13. The second kappa shape index (κ2) is 14.5. The average molecular weight is 390 g/mol. The fourth-order valence-electron chi connectivity index (χ4n) is 1.74. The summed E-state index contributed by atoms with van der Waals surface area (Å²) in [5.74, 6) is -2.01. The van der Waals surface area contributed by atoms with E-state index in [0.717, 1.165) is 5.56 Å². The van der Waals surface area contributed by atoms with E-state index >= 15 is 0 Å². The van der Waals surface area contributed by atoms with Gasteiger partial charge in [0, 0.05) is 43.2 Å². The zero-order valence-electron chi connectivity index (χ0n) is 15.0. The Bertz CT molecular complexity index is 737. The van der Waals surface area contributed by atoms with E-state index in [1.165, 1.54) is 0 Å². The number of carbonyl (C=O) groups excluding carboxylic acids is 1. The maximum Gasteiger partial charge on any atom is 0.303 e. The van der Waals surface area contributed by atoms with Gasteiger partial charge in [-0.2, -0.15) is 5.10 Å². The number of aromatic nitrogens is 2. The summed E-state index contributed by atoms with van der Waals surface area (Å²) in [5.41, 5.74) is 3.82. The summed E-state index contributed by atoms with van der Waals surface area (Å²) in [7, 11) is 0. The van der Waals surface area contributed by atoms with Crippen molar-refractivity contribution >= 4 is 24.1 Å². The Hall–Kier alpha value is -3.66. The van der Waals surface area contributed by atoms with Crippen molar-refractivity contribution < 1.29 is 30.1 Å². The second-order valence-electron chi connectivity index (χ2n) is 5.21. The predicted molar refractivity (Wildman–Crippen MR) is 101 cm³/mol. The zero-order chi connectivity index (χ0) is 19.9. The van der Waals surface area contributed by atoms with Gasteiger partial charge < -0.3 is 15.7 Å². The zero-order valence-corrected chi connectivity index (χ0v) is 15.0. The number of carboxylic acid groups (broad SMARTS) is 2. The number of nitrogens with zero attached hydrogens (tertiary/aromatic N) is 3. The number of carbonyl (C=O) groups is 3. The van der Waals surface area contributed by atoms with Gasteiger partial charge in [-0.3, -0.25) is 24.4 Å². The second-order valence-corrected chi connectivity index (χ2v) is 5.21. The number of hydrogen-bond donors (Lipinski definition) is 3.